The van der Waals surface area contributed by atoms with E-state index < -0.39 is 0 Å². The van der Waals surface area contributed by atoms with E-state index in [1.165, 1.54) is 125 Å². The SMILES string of the molecule is C=C[CH2-].C=C[CH2-].CCCCCCCCCCCC(=O)c1cc(CCCC)cc(C2=CC(CCCCCC)=C(c3cc(CCCC)cc(C(=O)CCCCCCCCCCC)c3)[N+]2=[N-])c1.[Pd+2]. The van der Waals surface area contributed by atoms with Crippen molar-refractivity contribution in [1.82, 2.24) is 0 Å². The van der Waals surface area contributed by atoms with Crippen molar-refractivity contribution < 1.29 is 34.7 Å². The normalized spacial score (nSPS) is 11.8. The third kappa shape index (κ3) is 26.6. The molecule has 0 saturated heterocycles. The largest absolute Gasteiger partial charge is 2.00 e. The van der Waals surface area contributed by atoms with E-state index in [1.54, 1.807) is 0 Å². The van der Waals surface area contributed by atoms with Gasteiger partial charge in [-0.25, -0.2) is 43.9 Å². The van der Waals surface area contributed by atoms with E-state index in [0.717, 1.165) is 128 Å². The second-order valence-electron chi connectivity index (χ2n) is 18.2. The molecule has 0 unspecified atom stereocenters. The first-order valence-electron chi connectivity index (χ1n) is 26.3. The second kappa shape index (κ2) is 41.0. The Hall–Kier alpha value is -3.26. The van der Waals surface area contributed by atoms with Crippen LogP contribution in [-0.2, 0) is 33.3 Å². The topological polar surface area (TPSA) is 59.5 Å². The fourth-order valence-corrected chi connectivity index (χ4v) is 8.52. The summed E-state index contributed by atoms with van der Waals surface area (Å²) in [4.78, 5) is 27.5. The first-order chi connectivity index (χ1) is 31.2. The fraction of sp³-hybridized carbons (Fsp3) is 0.600. The van der Waals surface area contributed by atoms with Crippen LogP contribution in [0.15, 0.2) is 73.4 Å². The summed E-state index contributed by atoms with van der Waals surface area (Å²) >= 11 is 0. The smallest absolute Gasteiger partial charge is 0.493 e. The molecule has 1 aliphatic heterocycles. The van der Waals surface area contributed by atoms with E-state index in [-0.39, 0.29) is 32.0 Å². The summed E-state index contributed by atoms with van der Waals surface area (Å²) < 4.78 is 1.39. The summed E-state index contributed by atoms with van der Waals surface area (Å²) in [5.74, 6) is 0.416. The van der Waals surface area contributed by atoms with Crippen molar-refractivity contribution >= 4 is 23.0 Å². The zero-order chi connectivity index (χ0) is 47.2. The Labute approximate surface area is 415 Å². The Morgan fingerprint density at radius 1 is 0.492 bits per heavy atom. The van der Waals surface area contributed by atoms with Gasteiger partial charge in [0, 0.05) is 46.7 Å². The van der Waals surface area contributed by atoms with Gasteiger partial charge in [-0.15, -0.1) is 0 Å². The van der Waals surface area contributed by atoms with Gasteiger partial charge < -0.3 is 5.53 Å². The van der Waals surface area contributed by atoms with E-state index in [4.69, 9.17) is 0 Å². The molecule has 5 heteroatoms. The van der Waals surface area contributed by atoms with Gasteiger partial charge in [0.15, 0.2) is 11.6 Å². The zero-order valence-corrected chi connectivity index (χ0v) is 44.0. The molecular weight excluding hydrogens is 887 g/mol. The maximum atomic E-state index is 13.8. The van der Waals surface area contributed by atoms with Crippen LogP contribution >= 0.6 is 0 Å². The number of ketones is 2. The number of carbonyl (C=O) groups excluding carboxylic acids is 2. The number of nitrogens with zero attached hydrogens (tertiary/aromatic N) is 2. The average molecular weight is 982 g/mol. The number of hydrogen-bond donors (Lipinski definition) is 0. The predicted octanol–water partition coefficient (Wildman–Crippen LogP) is 19.4. The summed E-state index contributed by atoms with van der Waals surface area (Å²) in [6.07, 6.45) is 40.0. The summed E-state index contributed by atoms with van der Waals surface area (Å²) in [6.45, 7) is 24.2. The van der Waals surface area contributed by atoms with Gasteiger partial charge in [-0.2, -0.15) is 0 Å². The molecule has 4 nitrogen and oxygen atoms in total. The van der Waals surface area contributed by atoms with Crippen LogP contribution in [0, 0.1) is 13.8 Å². The van der Waals surface area contributed by atoms with E-state index in [1.807, 2.05) is 12.1 Å². The van der Waals surface area contributed by atoms with Gasteiger partial charge in [-0.3, -0.25) is 9.59 Å². The van der Waals surface area contributed by atoms with Crippen LogP contribution in [0.25, 0.3) is 16.9 Å². The van der Waals surface area contributed by atoms with E-state index in [9.17, 15) is 15.1 Å². The van der Waals surface area contributed by atoms with Gasteiger partial charge in [-0.1, -0.05) is 169 Å². The molecule has 0 radical (unpaired) electrons. The molecule has 0 atom stereocenters. The van der Waals surface area contributed by atoms with Crippen LogP contribution in [0.2, 0.25) is 0 Å². The zero-order valence-electron chi connectivity index (χ0n) is 42.5. The number of unbranched alkanes of at least 4 members (excludes halogenated alkanes) is 21. The van der Waals surface area contributed by atoms with Gasteiger partial charge in [0.25, 0.3) is 0 Å². The molecule has 0 fully saturated rings. The van der Waals surface area contributed by atoms with Crippen LogP contribution < -0.4 is 0 Å². The van der Waals surface area contributed by atoms with Crippen molar-refractivity contribution in [2.75, 3.05) is 0 Å². The Morgan fingerprint density at radius 2 is 0.831 bits per heavy atom. The molecule has 2 aromatic carbocycles. The molecule has 0 amide bonds. The Bertz CT molecular complexity index is 1680. The third-order valence-electron chi connectivity index (χ3n) is 12.2. The van der Waals surface area contributed by atoms with Crippen molar-refractivity contribution in [2.45, 2.75) is 234 Å². The minimum absolute atomic E-state index is 0. The van der Waals surface area contributed by atoms with Crippen molar-refractivity contribution in [2.24, 2.45) is 0 Å². The number of carbonyl (C=O) groups is 2. The van der Waals surface area contributed by atoms with Crippen molar-refractivity contribution in [3.05, 3.63) is 126 Å². The Morgan fingerprint density at radius 3 is 1.23 bits per heavy atom. The third-order valence-corrected chi connectivity index (χ3v) is 12.2. The van der Waals surface area contributed by atoms with Crippen molar-refractivity contribution in [1.29, 1.82) is 0 Å². The molecule has 366 valence electrons. The van der Waals surface area contributed by atoms with Crippen molar-refractivity contribution in [3.8, 4) is 0 Å². The number of aryl methyl sites for hydroxylation is 2. The summed E-state index contributed by atoms with van der Waals surface area (Å²) in [7, 11) is 0. The summed E-state index contributed by atoms with van der Waals surface area (Å²) in [6, 6.07) is 12.7. The van der Waals surface area contributed by atoms with Gasteiger partial charge in [0.2, 0.25) is 11.4 Å². The average Bonchev–Trinajstić information content (AvgIpc) is 3.63. The number of Topliss-reactive ketones (excluding diaryl/α,β-unsaturated/α-hetero) is 2. The number of benzene rings is 2. The summed E-state index contributed by atoms with van der Waals surface area (Å²) in [5, 5.41) is 0. The van der Waals surface area contributed by atoms with Gasteiger partial charge in [-0.05, 0) is 98.9 Å². The predicted molar refractivity (Wildman–Crippen MR) is 281 cm³/mol. The van der Waals surface area contributed by atoms with Gasteiger partial charge >= 0.3 is 20.4 Å². The van der Waals surface area contributed by atoms with E-state index in [2.05, 4.69) is 92.0 Å². The van der Waals surface area contributed by atoms with Crippen LogP contribution in [0.5, 0.6) is 0 Å². The number of allylic oxidation sites excluding steroid dienone is 4. The second-order valence-corrected chi connectivity index (χ2v) is 18.2. The molecule has 0 bridgehead atoms. The summed E-state index contributed by atoms with van der Waals surface area (Å²) in [5.41, 5.74) is 20.6. The molecule has 2 aromatic rings. The standard InChI is InChI=1S/C54H84N2O2.2C3H5.Pd/c1-6-11-16-19-21-23-25-27-30-35-52(57)48-38-44(32-14-9-4)37-47(41-48)51-43-46(34-29-18-13-8-3)54(56(51)55)50-40-45(33-15-10-5)39-49(42-50)53(58)36-31-28-26-24-22-20-17-12-7-2;2*1-3-2;/h37-43H,6-36H2,1-5H3;2*3H,1-2H2;/q;2*-1;+2. The quantitative estimate of drug-likeness (QED) is 0.0227. The first kappa shape index (κ1) is 61.7. The Kier molecular flexibility index (Phi) is 38.9. The van der Waals surface area contributed by atoms with Crippen LogP contribution in [0.4, 0.5) is 0 Å². The van der Waals surface area contributed by atoms with E-state index in [0.29, 0.717) is 12.8 Å². The molecule has 0 aliphatic carbocycles. The van der Waals surface area contributed by atoms with Gasteiger partial charge in [0.1, 0.15) is 0 Å². The molecule has 3 rings (SSSR count). The molecule has 0 spiro atoms. The van der Waals surface area contributed by atoms with E-state index >= 15 is 0 Å². The molecule has 65 heavy (non-hydrogen) atoms. The molecule has 0 saturated carbocycles. The number of hydrogen-bond acceptors (Lipinski definition) is 2. The first-order valence-corrected chi connectivity index (χ1v) is 26.3. The maximum absolute atomic E-state index is 13.8. The molecule has 1 aliphatic rings. The fourth-order valence-electron chi connectivity index (χ4n) is 8.52. The maximum Gasteiger partial charge on any atom is 2.00 e. The molecule has 0 aromatic heterocycles. The number of rotatable bonds is 35. The van der Waals surface area contributed by atoms with Crippen molar-refractivity contribution in [3.63, 3.8) is 0 Å². The molecular formula is C60H94N2O2Pd. The molecule has 0 N–H and O–H groups in total. The monoisotopic (exact) mass is 981 g/mol. The minimum atomic E-state index is 0. The van der Waals surface area contributed by atoms with Crippen LogP contribution in [0.1, 0.15) is 264 Å². The Balaban J connectivity index is 0.00000553. The van der Waals surface area contributed by atoms with Crippen LogP contribution in [-0.4, -0.2) is 16.3 Å². The van der Waals surface area contributed by atoms with Gasteiger partial charge in [0.05, 0.1) is 0 Å². The van der Waals surface area contributed by atoms with Crippen LogP contribution in [0.3, 0.4) is 0 Å². The minimum Gasteiger partial charge on any atom is -0.493 e. The molecule has 1 heterocycles.